The van der Waals surface area contributed by atoms with Crippen molar-refractivity contribution in [3.8, 4) is 11.8 Å². The van der Waals surface area contributed by atoms with Crippen LogP contribution in [-0.2, 0) is 16.2 Å². The summed E-state index contributed by atoms with van der Waals surface area (Å²) in [5.41, 5.74) is 4.62. The third kappa shape index (κ3) is 3.88. The molecule has 35 heavy (non-hydrogen) atoms. The van der Waals surface area contributed by atoms with Crippen LogP contribution in [-0.4, -0.2) is 36.2 Å². The fourth-order valence-electron chi connectivity index (χ4n) is 4.63. The first-order valence-corrected chi connectivity index (χ1v) is 12.2. The number of nitrogens with one attached hydrogen (secondary N) is 1. The number of methoxy groups -OCH3 is 1. The molecule has 176 valence electrons. The molecule has 1 saturated heterocycles. The van der Waals surface area contributed by atoms with Crippen molar-refractivity contribution in [1.29, 1.82) is 5.26 Å². The molecule has 7 nitrogen and oxygen atoms in total. The summed E-state index contributed by atoms with van der Waals surface area (Å²) < 4.78 is 5.47. The molecule has 1 unspecified atom stereocenters. The zero-order valence-corrected chi connectivity index (χ0v) is 20.3. The highest BCUT2D eigenvalue weighted by molar-refractivity contribution is 8.01. The second kappa shape index (κ2) is 9.01. The number of nitriles is 1. The minimum absolute atomic E-state index is 0.176. The molecule has 0 aliphatic carbocycles. The van der Waals surface area contributed by atoms with Gasteiger partial charge >= 0.3 is 6.03 Å². The summed E-state index contributed by atoms with van der Waals surface area (Å²) in [6.45, 7) is 2.71. The molecular formula is C27H24N4O3S. The largest absolute Gasteiger partial charge is 0.497 e. The number of hydrogen-bond acceptors (Lipinski definition) is 5. The van der Waals surface area contributed by atoms with Gasteiger partial charge in [-0.2, -0.15) is 5.26 Å². The van der Waals surface area contributed by atoms with Crippen molar-refractivity contribution in [3.05, 3.63) is 89.0 Å². The Morgan fingerprint density at radius 2 is 1.97 bits per heavy atom. The minimum atomic E-state index is -1.19. The lowest BCUT2D eigenvalue weighted by Crippen LogP contribution is -2.51. The van der Waals surface area contributed by atoms with E-state index in [2.05, 4.69) is 11.4 Å². The van der Waals surface area contributed by atoms with Crippen molar-refractivity contribution in [2.75, 3.05) is 29.6 Å². The monoisotopic (exact) mass is 484 g/mol. The number of nitrogens with zero attached hydrogens (tertiary/aromatic N) is 3. The number of fused-ring (bicyclic) bond motifs is 2. The lowest BCUT2D eigenvalue weighted by atomic mass is 10.1. The fraction of sp³-hybridized carbons (Fsp3) is 0.222. The smallest absolute Gasteiger partial charge is 0.323 e. The molecule has 2 aliphatic rings. The molecule has 1 spiro atoms. The molecule has 2 aliphatic heterocycles. The number of carbonyl (C=O) groups is 2. The van der Waals surface area contributed by atoms with Gasteiger partial charge in [-0.05, 0) is 55.0 Å². The Bertz CT molecular complexity index is 1350. The van der Waals surface area contributed by atoms with E-state index in [1.165, 1.54) is 11.8 Å². The Morgan fingerprint density at radius 3 is 2.71 bits per heavy atom. The Labute approximate surface area is 208 Å². The lowest BCUT2D eigenvalue weighted by Gasteiger charge is -2.33. The molecule has 2 heterocycles. The van der Waals surface area contributed by atoms with Gasteiger partial charge in [-0.25, -0.2) is 4.79 Å². The molecule has 8 heteroatoms. The number of urea groups is 1. The van der Waals surface area contributed by atoms with Crippen molar-refractivity contribution in [2.24, 2.45) is 0 Å². The van der Waals surface area contributed by atoms with Gasteiger partial charge in [0.05, 0.1) is 31.0 Å². The average molecular weight is 485 g/mol. The summed E-state index contributed by atoms with van der Waals surface area (Å²) >= 11 is 1.46. The summed E-state index contributed by atoms with van der Waals surface area (Å²) in [6.07, 6.45) is 0. The van der Waals surface area contributed by atoms with Crippen molar-refractivity contribution in [2.45, 2.75) is 18.3 Å². The maximum atomic E-state index is 14.1. The summed E-state index contributed by atoms with van der Waals surface area (Å²) in [6, 6.07) is 22.2. The fourth-order valence-corrected chi connectivity index (χ4v) is 6.08. The Hall–Kier alpha value is -3.96. The van der Waals surface area contributed by atoms with Crippen LogP contribution in [0.1, 0.15) is 22.3 Å². The maximum Gasteiger partial charge on any atom is 0.323 e. The van der Waals surface area contributed by atoms with Gasteiger partial charge in [-0.3, -0.25) is 9.69 Å². The van der Waals surface area contributed by atoms with Crippen molar-refractivity contribution >= 4 is 35.1 Å². The quantitative estimate of drug-likeness (QED) is 0.572. The first kappa shape index (κ1) is 22.8. The maximum absolute atomic E-state index is 14.1. The second-order valence-corrected chi connectivity index (χ2v) is 9.81. The predicted molar refractivity (Wildman–Crippen MR) is 136 cm³/mol. The molecule has 5 rings (SSSR count). The van der Waals surface area contributed by atoms with Crippen LogP contribution in [0.5, 0.6) is 5.75 Å². The van der Waals surface area contributed by atoms with Crippen LogP contribution in [0.3, 0.4) is 0 Å². The standard InChI is InChI=1S/C27H24N4O3S/c1-18-6-8-21(9-7-18)29-26(33)31-12-13-35-27(31)23-15-22(34-2)10-11-24(23)30(25(27)32)17-20-5-3-4-19(14-20)16-28/h3-11,14-15H,12-13,17H2,1-2H3,(H,29,33). The average Bonchev–Trinajstić information content (AvgIpc) is 3.42. The molecule has 3 aromatic rings. The van der Waals surface area contributed by atoms with Gasteiger partial charge in [0, 0.05) is 23.5 Å². The van der Waals surface area contributed by atoms with Crippen molar-refractivity contribution in [3.63, 3.8) is 0 Å². The van der Waals surface area contributed by atoms with Gasteiger partial charge < -0.3 is 15.0 Å². The van der Waals surface area contributed by atoms with E-state index in [-0.39, 0.29) is 11.9 Å². The third-order valence-electron chi connectivity index (χ3n) is 6.35. The molecular weight excluding hydrogens is 460 g/mol. The van der Waals surface area contributed by atoms with Crippen LogP contribution < -0.4 is 15.0 Å². The van der Waals surface area contributed by atoms with Crippen molar-refractivity contribution < 1.29 is 14.3 Å². The Morgan fingerprint density at radius 1 is 1.17 bits per heavy atom. The van der Waals surface area contributed by atoms with E-state index in [0.29, 0.717) is 35.8 Å². The van der Waals surface area contributed by atoms with Gasteiger partial charge in [0.25, 0.3) is 5.91 Å². The molecule has 0 saturated carbocycles. The second-order valence-electron chi connectivity index (χ2n) is 8.53. The minimum Gasteiger partial charge on any atom is -0.497 e. The molecule has 1 N–H and O–H groups in total. The number of carbonyl (C=O) groups excluding carboxylic acids is 2. The van der Waals surface area contributed by atoms with Gasteiger partial charge in [0.15, 0.2) is 4.87 Å². The van der Waals surface area contributed by atoms with Crippen LogP contribution in [0.15, 0.2) is 66.7 Å². The molecule has 0 bridgehead atoms. The highest BCUT2D eigenvalue weighted by Gasteiger charge is 2.59. The number of thioether (sulfide) groups is 1. The van der Waals surface area contributed by atoms with Gasteiger partial charge in [-0.1, -0.05) is 29.8 Å². The van der Waals surface area contributed by atoms with Crippen LogP contribution in [0, 0.1) is 18.3 Å². The van der Waals surface area contributed by atoms with Gasteiger partial charge in [0.2, 0.25) is 0 Å². The number of benzene rings is 3. The SMILES string of the molecule is COc1ccc2c(c1)C1(SCCN1C(=O)Nc1ccc(C)cc1)C(=O)N2Cc1cccc(C#N)c1. The van der Waals surface area contributed by atoms with E-state index in [1.807, 2.05) is 61.5 Å². The van der Waals surface area contributed by atoms with Crippen LogP contribution >= 0.6 is 11.8 Å². The van der Waals surface area contributed by atoms with Crippen LogP contribution in [0.4, 0.5) is 16.2 Å². The summed E-state index contributed by atoms with van der Waals surface area (Å²) in [7, 11) is 1.58. The Balaban J connectivity index is 1.54. The number of rotatable bonds is 4. The van der Waals surface area contributed by atoms with E-state index in [0.717, 1.165) is 22.4 Å². The number of amides is 3. The molecule has 1 fully saturated rings. The molecule has 0 aromatic heterocycles. The highest BCUT2D eigenvalue weighted by Crippen LogP contribution is 2.55. The Kier molecular flexibility index (Phi) is 5.87. The molecule has 1 atom stereocenters. The van der Waals surface area contributed by atoms with Gasteiger partial charge in [-0.15, -0.1) is 11.8 Å². The van der Waals surface area contributed by atoms with Crippen LogP contribution in [0.25, 0.3) is 0 Å². The summed E-state index contributed by atoms with van der Waals surface area (Å²) in [5.74, 6) is 1.07. The molecule has 3 amide bonds. The number of anilines is 2. The molecule has 3 aromatic carbocycles. The highest BCUT2D eigenvalue weighted by atomic mass is 32.2. The first-order chi connectivity index (χ1) is 17.0. The van der Waals surface area contributed by atoms with E-state index in [9.17, 15) is 14.9 Å². The summed E-state index contributed by atoms with van der Waals surface area (Å²) in [4.78, 5) is 29.8. The normalized spacial score (nSPS) is 18.5. The number of aryl methyl sites for hydroxylation is 1. The first-order valence-electron chi connectivity index (χ1n) is 11.2. The third-order valence-corrected chi connectivity index (χ3v) is 7.76. The van der Waals surface area contributed by atoms with E-state index < -0.39 is 4.87 Å². The topological polar surface area (TPSA) is 85.7 Å². The van der Waals surface area contributed by atoms with E-state index in [4.69, 9.17) is 4.74 Å². The lowest BCUT2D eigenvalue weighted by molar-refractivity contribution is -0.123. The predicted octanol–water partition coefficient (Wildman–Crippen LogP) is 4.86. The van der Waals surface area contributed by atoms with Crippen LogP contribution in [0.2, 0.25) is 0 Å². The zero-order valence-electron chi connectivity index (χ0n) is 19.4. The van der Waals surface area contributed by atoms with E-state index in [1.54, 1.807) is 29.0 Å². The number of ether oxygens (including phenoxy) is 1. The van der Waals surface area contributed by atoms with Gasteiger partial charge in [0.1, 0.15) is 5.75 Å². The molecule has 0 radical (unpaired) electrons. The number of hydrogen-bond donors (Lipinski definition) is 1. The van der Waals surface area contributed by atoms with E-state index >= 15 is 0 Å². The zero-order chi connectivity index (χ0) is 24.6. The van der Waals surface area contributed by atoms with Crippen molar-refractivity contribution in [1.82, 2.24) is 4.90 Å². The summed E-state index contributed by atoms with van der Waals surface area (Å²) in [5, 5.41) is 12.2.